The van der Waals surface area contributed by atoms with Gasteiger partial charge >= 0.3 is 0 Å². The van der Waals surface area contributed by atoms with Gasteiger partial charge in [0.05, 0.1) is 5.71 Å². The Morgan fingerprint density at radius 3 is 2.47 bits per heavy atom. The fourth-order valence-electron chi connectivity index (χ4n) is 1.86. The molecule has 1 amide bonds. The van der Waals surface area contributed by atoms with Crippen LogP contribution in [0.15, 0.2) is 29.4 Å². The van der Waals surface area contributed by atoms with Gasteiger partial charge in [-0.1, -0.05) is 12.1 Å². The highest BCUT2D eigenvalue weighted by atomic mass is 16.2. The molecule has 1 aliphatic rings. The highest BCUT2D eigenvalue weighted by Crippen LogP contribution is 2.17. The molecule has 0 unspecified atom stereocenters. The Hall–Kier alpha value is -1.84. The average Bonchev–Trinajstić information content (AvgIpc) is 2.30. The summed E-state index contributed by atoms with van der Waals surface area (Å²) in [5.74, 6) is 0.0965. The van der Waals surface area contributed by atoms with Crippen molar-refractivity contribution >= 4 is 17.3 Å². The van der Waals surface area contributed by atoms with Crippen molar-refractivity contribution in [3.63, 3.8) is 0 Å². The molecule has 0 aromatic heterocycles. The van der Waals surface area contributed by atoms with Gasteiger partial charge in [0.1, 0.15) is 0 Å². The molecule has 0 fully saturated rings. The predicted molar refractivity (Wildman–Crippen MR) is 68.6 cm³/mol. The SMILES string of the molecule is CC(C)N1N=C(c2ccc(N)cc2)CCC1=O. The zero-order valence-electron chi connectivity index (χ0n) is 10.2. The second-order valence-electron chi connectivity index (χ2n) is 4.50. The Kier molecular flexibility index (Phi) is 3.13. The van der Waals surface area contributed by atoms with Crippen LogP contribution in [0.3, 0.4) is 0 Å². The number of amides is 1. The largest absolute Gasteiger partial charge is 0.399 e. The summed E-state index contributed by atoms with van der Waals surface area (Å²) in [6.45, 7) is 3.93. The summed E-state index contributed by atoms with van der Waals surface area (Å²) in [4.78, 5) is 11.7. The molecule has 0 aliphatic carbocycles. The quantitative estimate of drug-likeness (QED) is 0.791. The topological polar surface area (TPSA) is 58.7 Å². The van der Waals surface area contributed by atoms with E-state index in [4.69, 9.17) is 5.73 Å². The summed E-state index contributed by atoms with van der Waals surface area (Å²) < 4.78 is 0. The predicted octanol–water partition coefficient (Wildman–Crippen LogP) is 2.00. The maximum absolute atomic E-state index is 11.7. The van der Waals surface area contributed by atoms with Crippen LogP contribution in [0.2, 0.25) is 0 Å². The van der Waals surface area contributed by atoms with Crippen molar-refractivity contribution in [2.75, 3.05) is 5.73 Å². The van der Waals surface area contributed by atoms with Crippen LogP contribution < -0.4 is 5.73 Å². The molecule has 0 saturated carbocycles. The van der Waals surface area contributed by atoms with E-state index < -0.39 is 0 Å². The maximum atomic E-state index is 11.7. The van der Waals surface area contributed by atoms with Crippen molar-refractivity contribution in [2.45, 2.75) is 32.7 Å². The summed E-state index contributed by atoms with van der Waals surface area (Å²) in [6.07, 6.45) is 1.23. The molecule has 0 bridgehead atoms. The molecule has 2 N–H and O–H groups in total. The van der Waals surface area contributed by atoms with Crippen LogP contribution in [0.4, 0.5) is 5.69 Å². The molecule has 0 atom stereocenters. The van der Waals surface area contributed by atoms with E-state index in [9.17, 15) is 4.79 Å². The van der Waals surface area contributed by atoms with Gasteiger partial charge in [0.2, 0.25) is 5.91 Å². The highest BCUT2D eigenvalue weighted by Gasteiger charge is 2.23. The number of nitrogens with two attached hydrogens (primary N) is 1. The second-order valence-corrected chi connectivity index (χ2v) is 4.50. The number of hydrogen-bond donors (Lipinski definition) is 1. The van der Waals surface area contributed by atoms with E-state index in [1.807, 2.05) is 38.1 Å². The number of rotatable bonds is 2. The fraction of sp³-hybridized carbons (Fsp3) is 0.385. The molecular weight excluding hydrogens is 214 g/mol. The van der Waals surface area contributed by atoms with Gasteiger partial charge in [-0.05, 0) is 31.5 Å². The molecule has 1 heterocycles. The summed E-state index contributed by atoms with van der Waals surface area (Å²) in [5, 5.41) is 5.99. The highest BCUT2D eigenvalue weighted by molar-refractivity contribution is 6.04. The zero-order chi connectivity index (χ0) is 12.4. The summed E-state index contributed by atoms with van der Waals surface area (Å²) in [5.41, 5.74) is 8.38. The van der Waals surface area contributed by atoms with Crippen LogP contribution in [-0.4, -0.2) is 22.7 Å². The van der Waals surface area contributed by atoms with Crippen molar-refractivity contribution in [3.05, 3.63) is 29.8 Å². The van der Waals surface area contributed by atoms with Crippen molar-refractivity contribution in [1.29, 1.82) is 0 Å². The molecule has 2 rings (SSSR count). The fourth-order valence-corrected chi connectivity index (χ4v) is 1.86. The van der Waals surface area contributed by atoms with Gasteiger partial charge in [0.15, 0.2) is 0 Å². The standard InChI is InChI=1S/C13H17N3O/c1-9(2)16-13(17)8-7-12(15-16)10-3-5-11(14)6-4-10/h3-6,9H,7-8,14H2,1-2H3. The van der Waals surface area contributed by atoms with Gasteiger partial charge in [0.25, 0.3) is 0 Å². The molecule has 1 aliphatic heterocycles. The minimum absolute atomic E-state index is 0.0965. The van der Waals surface area contributed by atoms with E-state index in [-0.39, 0.29) is 11.9 Å². The minimum atomic E-state index is 0.0965. The lowest BCUT2D eigenvalue weighted by Gasteiger charge is -2.26. The van der Waals surface area contributed by atoms with E-state index in [2.05, 4.69) is 5.10 Å². The molecule has 4 heteroatoms. The van der Waals surface area contributed by atoms with Gasteiger partial charge in [0, 0.05) is 24.6 Å². The van der Waals surface area contributed by atoms with E-state index in [0.717, 1.165) is 17.0 Å². The summed E-state index contributed by atoms with van der Waals surface area (Å²) >= 11 is 0. The number of hydrogen-bond acceptors (Lipinski definition) is 3. The molecule has 0 saturated heterocycles. The van der Waals surface area contributed by atoms with Crippen LogP contribution in [0.1, 0.15) is 32.3 Å². The van der Waals surface area contributed by atoms with E-state index >= 15 is 0 Å². The van der Waals surface area contributed by atoms with Gasteiger partial charge in [-0.15, -0.1) is 0 Å². The van der Waals surface area contributed by atoms with E-state index in [1.165, 1.54) is 0 Å². The molecule has 1 aromatic rings. The Morgan fingerprint density at radius 1 is 1.24 bits per heavy atom. The Balaban J connectivity index is 2.30. The molecule has 0 radical (unpaired) electrons. The number of hydrazone groups is 1. The lowest BCUT2D eigenvalue weighted by molar-refractivity contribution is -0.133. The zero-order valence-corrected chi connectivity index (χ0v) is 10.2. The Labute approximate surface area is 101 Å². The van der Waals surface area contributed by atoms with Gasteiger partial charge < -0.3 is 5.73 Å². The number of carbonyl (C=O) groups is 1. The first kappa shape index (κ1) is 11.6. The van der Waals surface area contributed by atoms with Crippen LogP contribution in [0, 0.1) is 0 Å². The van der Waals surface area contributed by atoms with Crippen molar-refractivity contribution in [1.82, 2.24) is 5.01 Å². The van der Waals surface area contributed by atoms with E-state index in [1.54, 1.807) is 5.01 Å². The molecule has 17 heavy (non-hydrogen) atoms. The van der Waals surface area contributed by atoms with Crippen molar-refractivity contribution < 1.29 is 4.79 Å². The average molecular weight is 231 g/mol. The molecular formula is C13H17N3O. The molecule has 1 aromatic carbocycles. The smallest absolute Gasteiger partial charge is 0.243 e. The second kappa shape index (κ2) is 4.57. The molecule has 0 spiro atoms. The lowest BCUT2D eigenvalue weighted by atomic mass is 10.0. The summed E-state index contributed by atoms with van der Waals surface area (Å²) in [7, 11) is 0. The first-order chi connectivity index (χ1) is 8.08. The maximum Gasteiger partial charge on any atom is 0.243 e. The number of benzene rings is 1. The first-order valence-electron chi connectivity index (χ1n) is 5.83. The van der Waals surface area contributed by atoms with Crippen LogP contribution in [0.5, 0.6) is 0 Å². The van der Waals surface area contributed by atoms with Crippen molar-refractivity contribution in [3.8, 4) is 0 Å². The minimum Gasteiger partial charge on any atom is -0.399 e. The van der Waals surface area contributed by atoms with Crippen LogP contribution in [0.25, 0.3) is 0 Å². The van der Waals surface area contributed by atoms with Gasteiger partial charge in [-0.2, -0.15) is 5.10 Å². The van der Waals surface area contributed by atoms with Crippen LogP contribution in [-0.2, 0) is 4.79 Å². The monoisotopic (exact) mass is 231 g/mol. The number of anilines is 1. The third-order valence-electron chi connectivity index (χ3n) is 2.79. The molecule has 90 valence electrons. The normalized spacial score (nSPS) is 16.3. The number of carbonyl (C=O) groups excluding carboxylic acids is 1. The third-order valence-corrected chi connectivity index (χ3v) is 2.79. The van der Waals surface area contributed by atoms with Crippen LogP contribution >= 0.6 is 0 Å². The van der Waals surface area contributed by atoms with Crippen molar-refractivity contribution in [2.24, 2.45) is 5.10 Å². The van der Waals surface area contributed by atoms with Gasteiger partial charge in [-0.3, -0.25) is 4.79 Å². The number of nitrogens with zero attached hydrogens (tertiary/aromatic N) is 2. The lowest BCUT2D eigenvalue weighted by Crippen LogP contribution is -2.36. The van der Waals surface area contributed by atoms with Gasteiger partial charge in [-0.25, -0.2) is 5.01 Å². The third kappa shape index (κ3) is 2.46. The number of nitrogen functional groups attached to an aromatic ring is 1. The first-order valence-corrected chi connectivity index (χ1v) is 5.83. The Morgan fingerprint density at radius 2 is 1.88 bits per heavy atom. The molecule has 4 nitrogen and oxygen atoms in total. The van der Waals surface area contributed by atoms with E-state index in [0.29, 0.717) is 12.8 Å². The Bertz CT molecular complexity index is 448. The summed E-state index contributed by atoms with van der Waals surface area (Å²) in [6, 6.07) is 7.71.